The van der Waals surface area contributed by atoms with Gasteiger partial charge in [-0.1, -0.05) is 43.6 Å². The first-order chi connectivity index (χ1) is 14.7. The summed E-state index contributed by atoms with van der Waals surface area (Å²) in [6, 6.07) is 7.45. The number of likely N-dealkylation sites (tertiary alicyclic amines) is 1. The Labute approximate surface area is 183 Å². The van der Waals surface area contributed by atoms with Gasteiger partial charge in [-0.05, 0) is 37.8 Å². The molecule has 168 valence electrons. The molecule has 1 aliphatic heterocycles. The van der Waals surface area contributed by atoms with Gasteiger partial charge in [0, 0.05) is 43.6 Å². The number of hydrogen-bond acceptors (Lipinski definition) is 5. The van der Waals surface area contributed by atoms with Crippen LogP contribution in [0.5, 0.6) is 0 Å². The Morgan fingerprint density at radius 3 is 2.65 bits per heavy atom. The molecule has 8 nitrogen and oxygen atoms in total. The topological polar surface area (TPSA) is 100 Å². The maximum absolute atomic E-state index is 12.7. The van der Waals surface area contributed by atoms with E-state index in [0.29, 0.717) is 37.6 Å². The van der Waals surface area contributed by atoms with E-state index >= 15 is 0 Å². The van der Waals surface area contributed by atoms with Crippen molar-refractivity contribution in [2.24, 2.45) is 5.92 Å². The second kappa shape index (κ2) is 9.94. The summed E-state index contributed by atoms with van der Waals surface area (Å²) in [6.45, 7) is 10.0. The molecule has 1 aliphatic rings. The average Bonchev–Trinajstić information content (AvgIpc) is 3.22. The van der Waals surface area contributed by atoms with Crippen molar-refractivity contribution < 1.29 is 14.1 Å². The van der Waals surface area contributed by atoms with Crippen LogP contribution in [-0.2, 0) is 16.6 Å². The van der Waals surface area contributed by atoms with Crippen LogP contribution in [-0.4, -0.2) is 46.6 Å². The van der Waals surface area contributed by atoms with Gasteiger partial charge in [0.05, 0.1) is 0 Å². The van der Waals surface area contributed by atoms with E-state index in [-0.39, 0.29) is 23.3 Å². The molecule has 1 unspecified atom stereocenters. The van der Waals surface area contributed by atoms with Crippen LogP contribution >= 0.6 is 0 Å². The number of amides is 3. The molecule has 3 rings (SSSR count). The van der Waals surface area contributed by atoms with E-state index in [0.717, 1.165) is 30.6 Å². The number of carbonyl (C=O) groups excluding carboxylic acids is 2. The smallest absolute Gasteiger partial charge is 0.319 e. The number of rotatable bonds is 6. The Morgan fingerprint density at radius 2 is 1.97 bits per heavy atom. The van der Waals surface area contributed by atoms with Gasteiger partial charge in [0.15, 0.2) is 5.82 Å². The Morgan fingerprint density at radius 1 is 1.23 bits per heavy atom. The van der Waals surface area contributed by atoms with Crippen molar-refractivity contribution in [1.82, 2.24) is 20.4 Å². The molecule has 3 amide bonds. The molecular weight excluding hydrogens is 394 g/mol. The first-order valence-electron chi connectivity index (χ1n) is 10.9. The minimum Gasteiger partial charge on any atom is -0.342 e. The van der Waals surface area contributed by atoms with Crippen molar-refractivity contribution in [2.75, 3.05) is 25.0 Å². The Bertz CT molecular complexity index is 885. The number of piperidine rings is 1. The molecule has 1 saturated heterocycles. The number of hydrogen-bond donors (Lipinski definition) is 2. The third-order valence-corrected chi connectivity index (χ3v) is 5.42. The highest BCUT2D eigenvalue weighted by atomic mass is 16.5. The fourth-order valence-corrected chi connectivity index (χ4v) is 3.54. The minimum atomic E-state index is -0.224. The number of benzene rings is 1. The van der Waals surface area contributed by atoms with Crippen molar-refractivity contribution >= 4 is 17.6 Å². The molecule has 2 aromatic rings. The highest BCUT2D eigenvalue weighted by Gasteiger charge is 2.25. The van der Waals surface area contributed by atoms with E-state index in [9.17, 15) is 9.59 Å². The number of aryl methyl sites for hydroxylation is 2. The standard InChI is InChI=1S/C23H33N5O3/c1-16-7-9-18(10-8-16)25-22(30)24-14-17-6-5-13-28(15-17)20(29)12-11-19-26-21(27-31-19)23(2,3)4/h7-10,17H,5-6,11-15H2,1-4H3,(H2,24,25,30). The summed E-state index contributed by atoms with van der Waals surface area (Å²) in [5.74, 6) is 1.49. The van der Waals surface area contributed by atoms with Crippen LogP contribution in [0.1, 0.15) is 57.3 Å². The minimum absolute atomic E-state index is 0.0873. The lowest BCUT2D eigenvalue weighted by molar-refractivity contribution is -0.133. The Balaban J connectivity index is 1.42. The van der Waals surface area contributed by atoms with Crippen LogP contribution in [0.15, 0.2) is 28.8 Å². The largest absolute Gasteiger partial charge is 0.342 e. The number of carbonyl (C=O) groups is 2. The molecular formula is C23H33N5O3. The van der Waals surface area contributed by atoms with Crippen LogP contribution < -0.4 is 10.6 Å². The fourth-order valence-electron chi connectivity index (χ4n) is 3.54. The van der Waals surface area contributed by atoms with E-state index < -0.39 is 0 Å². The van der Waals surface area contributed by atoms with Gasteiger partial charge in [-0.25, -0.2) is 4.79 Å². The molecule has 0 saturated carbocycles. The SMILES string of the molecule is Cc1ccc(NC(=O)NCC2CCCN(C(=O)CCc3nc(C(C)(C)C)no3)C2)cc1. The lowest BCUT2D eigenvalue weighted by Gasteiger charge is -2.33. The molecule has 0 bridgehead atoms. The number of aromatic nitrogens is 2. The van der Waals surface area contributed by atoms with Crippen LogP contribution in [0, 0.1) is 12.8 Å². The summed E-state index contributed by atoms with van der Waals surface area (Å²) in [4.78, 5) is 31.1. The average molecular weight is 428 g/mol. The van der Waals surface area contributed by atoms with E-state index in [4.69, 9.17) is 4.52 Å². The first kappa shape index (κ1) is 22.8. The number of anilines is 1. The van der Waals surface area contributed by atoms with Gasteiger partial charge in [-0.15, -0.1) is 0 Å². The predicted molar refractivity (Wildman–Crippen MR) is 119 cm³/mol. The second-order valence-corrected chi connectivity index (χ2v) is 9.31. The second-order valence-electron chi connectivity index (χ2n) is 9.31. The molecule has 2 N–H and O–H groups in total. The zero-order valence-corrected chi connectivity index (χ0v) is 18.9. The molecule has 1 aromatic carbocycles. The summed E-state index contributed by atoms with van der Waals surface area (Å²) in [7, 11) is 0. The number of nitrogens with one attached hydrogen (secondary N) is 2. The summed E-state index contributed by atoms with van der Waals surface area (Å²) in [5.41, 5.74) is 1.73. The molecule has 1 aromatic heterocycles. The molecule has 31 heavy (non-hydrogen) atoms. The van der Waals surface area contributed by atoms with Crippen LogP contribution in [0.2, 0.25) is 0 Å². The molecule has 0 aliphatic carbocycles. The first-order valence-corrected chi connectivity index (χ1v) is 10.9. The van der Waals surface area contributed by atoms with E-state index in [1.54, 1.807) is 0 Å². The van der Waals surface area contributed by atoms with Crippen LogP contribution in [0.25, 0.3) is 0 Å². The molecule has 8 heteroatoms. The highest BCUT2D eigenvalue weighted by molar-refractivity contribution is 5.89. The van der Waals surface area contributed by atoms with E-state index in [2.05, 4.69) is 20.8 Å². The van der Waals surface area contributed by atoms with Crippen LogP contribution in [0.4, 0.5) is 10.5 Å². The summed E-state index contributed by atoms with van der Waals surface area (Å²) in [5, 5.41) is 9.78. The highest BCUT2D eigenvalue weighted by Crippen LogP contribution is 2.20. The summed E-state index contributed by atoms with van der Waals surface area (Å²) >= 11 is 0. The molecule has 2 heterocycles. The third-order valence-electron chi connectivity index (χ3n) is 5.42. The van der Waals surface area contributed by atoms with Crippen LogP contribution in [0.3, 0.4) is 0 Å². The Kier molecular flexibility index (Phi) is 7.30. The van der Waals surface area contributed by atoms with E-state index in [1.807, 2.05) is 56.9 Å². The fraction of sp³-hybridized carbons (Fsp3) is 0.565. The Hall–Kier alpha value is -2.90. The predicted octanol–water partition coefficient (Wildman–Crippen LogP) is 3.67. The third kappa shape index (κ3) is 6.80. The molecule has 1 fully saturated rings. The van der Waals surface area contributed by atoms with Gasteiger partial charge in [0.25, 0.3) is 0 Å². The zero-order valence-electron chi connectivity index (χ0n) is 18.9. The van der Waals surface area contributed by atoms with Crippen molar-refractivity contribution in [2.45, 2.75) is 58.8 Å². The lowest BCUT2D eigenvalue weighted by atomic mass is 9.96. The quantitative estimate of drug-likeness (QED) is 0.733. The molecule has 0 spiro atoms. The number of nitrogens with zero attached hydrogens (tertiary/aromatic N) is 3. The summed E-state index contributed by atoms with van der Waals surface area (Å²) < 4.78 is 5.28. The van der Waals surface area contributed by atoms with Gasteiger partial charge in [-0.2, -0.15) is 4.98 Å². The normalized spacial score (nSPS) is 16.8. The molecule has 1 atom stereocenters. The maximum atomic E-state index is 12.7. The molecule has 0 radical (unpaired) electrons. The van der Waals surface area contributed by atoms with Gasteiger partial charge >= 0.3 is 6.03 Å². The van der Waals surface area contributed by atoms with Gasteiger partial charge < -0.3 is 20.1 Å². The summed E-state index contributed by atoms with van der Waals surface area (Å²) in [6.07, 6.45) is 2.72. The van der Waals surface area contributed by atoms with Crippen molar-refractivity contribution in [3.05, 3.63) is 41.5 Å². The number of urea groups is 1. The van der Waals surface area contributed by atoms with Crippen molar-refractivity contribution in [3.8, 4) is 0 Å². The van der Waals surface area contributed by atoms with Gasteiger partial charge in [-0.3, -0.25) is 4.79 Å². The van der Waals surface area contributed by atoms with Crippen molar-refractivity contribution in [3.63, 3.8) is 0 Å². The zero-order chi connectivity index (χ0) is 22.4. The van der Waals surface area contributed by atoms with E-state index in [1.165, 1.54) is 0 Å². The maximum Gasteiger partial charge on any atom is 0.319 e. The van der Waals surface area contributed by atoms with Crippen molar-refractivity contribution in [1.29, 1.82) is 0 Å². The lowest BCUT2D eigenvalue weighted by Crippen LogP contribution is -2.44. The van der Waals surface area contributed by atoms with Gasteiger partial charge in [0.2, 0.25) is 11.8 Å². The monoisotopic (exact) mass is 427 g/mol. The van der Waals surface area contributed by atoms with Gasteiger partial charge in [0.1, 0.15) is 0 Å².